The fraction of sp³-hybridized carbons (Fsp3) is 0.455. The third-order valence-corrected chi connectivity index (χ3v) is 2.35. The van der Waals surface area contributed by atoms with E-state index in [1.165, 1.54) is 0 Å². The summed E-state index contributed by atoms with van der Waals surface area (Å²) in [5.41, 5.74) is -0.880. The van der Waals surface area contributed by atoms with E-state index in [9.17, 15) is 17.3 Å². The summed E-state index contributed by atoms with van der Waals surface area (Å²) in [5.74, 6) is -1.15. The molecule has 0 saturated heterocycles. The second kappa shape index (κ2) is 7.89. The molecule has 1 unspecified atom stereocenters. The summed E-state index contributed by atoms with van der Waals surface area (Å²) in [4.78, 5) is 0. The predicted octanol–water partition coefficient (Wildman–Crippen LogP) is 0.451. The molecule has 1 nitrogen and oxygen atoms in total. The van der Waals surface area contributed by atoms with E-state index in [4.69, 9.17) is 4.74 Å². The minimum absolute atomic E-state index is 0. The maximum absolute atomic E-state index is 12.9. The van der Waals surface area contributed by atoms with Gasteiger partial charge in [-0.15, -0.1) is 0 Å². The standard InChI is InChI=1S/C11H14BF4O.K/c1-3-4-8(2)17-11-7-9(13)5-6-10(11)12(14,15)16;/h5-8H,3-4H2,1-2H3;/q-1;+1. The molecule has 1 rings (SSSR count). The van der Waals surface area contributed by atoms with Crippen LogP contribution in [0, 0.1) is 5.82 Å². The van der Waals surface area contributed by atoms with Crippen LogP contribution in [0.4, 0.5) is 17.3 Å². The fourth-order valence-electron chi connectivity index (χ4n) is 1.56. The third-order valence-electron chi connectivity index (χ3n) is 2.35. The van der Waals surface area contributed by atoms with Gasteiger partial charge in [-0.1, -0.05) is 24.9 Å². The number of hydrogen-bond donors (Lipinski definition) is 0. The Bertz CT molecular complexity index is 384. The van der Waals surface area contributed by atoms with E-state index in [0.717, 1.165) is 24.6 Å². The number of hydrogen-bond acceptors (Lipinski definition) is 1. The van der Waals surface area contributed by atoms with Gasteiger partial charge in [0, 0.05) is 6.07 Å². The van der Waals surface area contributed by atoms with Crippen molar-refractivity contribution in [3.8, 4) is 5.75 Å². The van der Waals surface area contributed by atoms with Gasteiger partial charge in [0.1, 0.15) is 5.82 Å². The molecule has 0 aliphatic rings. The van der Waals surface area contributed by atoms with Crippen molar-refractivity contribution in [1.82, 2.24) is 0 Å². The maximum Gasteiger partial charge on any atom is 1.00 e. The second-order valence-corrected chi connectivity index (χ2v) is 3.97. The van der Waals surface area contributed by atoms with Crippen molar-refractivity contribution >= 4 is 12.4 Å². The predicted molar refractivity (Wildman–Crippen MR) is 60.1 cm³/mol. The van der Waals surface area contributed by atoms with E-state index in [2.05, 4.69) is 0 Å². The van der Waals surface area contributed by atoms with Crippen molar-refractivity contribution in [2.75, 3.05) is 0 Å². The van der Waals surface area contributed by atoms with Crippen molar-refractivity contribution in [2.24, 2.45) is 0 Å². The Morgan fingerprint density at radius 2 is 1.89 bits per heavy atom. The average Bonchev–Trinajstić information content (AvgIpc) is 2.15. The van der Waals surface area contributed by atoms with Crippen molar-refractivity contribution in [1.29, 1.82) is 0 Å². The molecule has 0 spiro atoms. The average molecular weight is 288 g/mol. The summed E-state index contributed by atoms with van der Waals surface area (Å²) in [6.45, 7) is -1.61. The van der Waals surface area contributed by atoms with Crippen LogP contribution in [-0.2, 0) is 0 Å². The zero-order valence-corrected chi connectivity index (χ0v) is 13.8. The van der Waals surface area contributed by atoms with Gasteiger partial charge in [-0.05, 0) is 19.4 Å². The largest absolute Gasteiger partial charge is 1.00 e. The molecule has 1 aromatic carbocycles. The van der Waals surface area contributed by atoms with Crippen LogP contribution in [0.5, 0.6) is 5.75 Å². The van der Waals surface area contributed by atoms with Crippen LogP contribution in [0.15, 0.2) is 18.2 Å². The SMILES string of the molecule is CCCC(C)Oc1cc(F)ccc1[B-](F)(F)F.[K+]. The Hall–Kier alpha value is 0.441. The summed E-state index contributed by atoms with van der Waals surface area (Å²) < 4.78 is 56.1. The zero-order chi connectivity index (χ0) is 13.1. The molecule has 7 heteroatoms. The van der Waals surface area contributed by atoms with Gasteiger partial charge in [0.05, 0.1) is 11.9 Å². The van der Waals surface area contributed by atoms with Crippen LogP contribution < -0.4 is 61.6 Å². The summed E-state index contributed by atoms with van der Waals surface area (Å²) in [5, 5.41) is 0. The molecule has 1 atom stereocenters. The monoisotopic (exact) mass is 288 g/mol. The molecular weight excluding hydrogens is 274 g/mol. The van der Waals surface area contributed by atoms with Crippen molar-refractivity contribution in [2.45, 2.75) is 32.8 Å². The normalized spacial score (nSPS) is 12.8. The molecule has 0 aromatic heterocycles. The quantitative estimate of drug-likeness (QED) is 0.565. The maximum atomic E-state index is 12.9. The van der Waals surface area contributed by atoms with Crippen LogP contribution in [-0.4, -0.2) is 13.1 Å². The van der Waals surface area contributed by atoms with E-state index in [-0.39, 0.29) is 57.5 Å². The van der Waals surface area contributed by atoms with Gasteiger partial charge in [0.15, 0.2) is 0 Å². The molecule has 0 aliphatic carbocycles. The van der Waals surface area contributed by atoms with Gasteiger partial charge in [-0.25, -0.2) is 4.39 Å². The summed E-state index contributed by atoms with van der Waals surface area (Å²) in [6, 6.07) is 2.31. The Kier molecular flexibility index (Phi) is 8.09. The van der Waals surface area contributed by atoms with Crippen molar-refractivity contribution < 1.29 is 73.5 Å². The molecule has 0 fully saturated rings. The van der Waals surface area contributed by atoms with Crippen LogP contribution in [0.25, 0.3) is 0 Å². The first-order valence-electron chi connectivity index (χ1n) is 5.50. The van der Waals surface area contributed by atoms with Crippen LogP contribution in [0.2, 0.25) is 0 Å². The van der Waals surface area contributed by atoms with E-state index in [0.29, 0.717) is 6.42 Å². The molecule has 0 aliphatic heterocycles. The Balaban J connectivity index is 0.00000289. The first-order chi connectivity index (χ1) is 7.84. The molecular formula is C11H14BF4KO. The van der Waals surface area contributed by atoms with E-state index in [1.807, 2.05) is 6.92 Å². The van der Waals surface area contributed by atoms with E-state index >= 15 is 0 Å². The number of rotatable bonds is 5. The number of halogens is 4. The van der Waals surface area contributed by atoms with Gasteiger partial charge in [-0.2, -0.15) is 0 Å². The van der Waals surface area contributed by atoms with Crippen LogP contribution >= 0.6 is 0 Å². The Morgan fingerprint density at radius 1 is 1.28 bits per heavy atom. The topological polar surface area (TPSA) is 9.23 Å². The first-order valence-corrected chi connectivity index (χ1v) is 5.50. The van der Waals surface area contributed by atoms with Gasteiger partial charge in [-0.3, -0.25) is 0 Å². The summed E-state index contributed by atoms with van der Waals surface area (Å²) in [6.07, 6.45) is 1.06. The molecule has 0 amide bonds. The second-order valence-electron chi connectivity index (χ2n) is 3.97. The molecule has 0 saturated carbocycles. The van der Waals surface area contributed by atoms with Gasteiger partial charge in [0.2, 0.25) is 0 Å². The third kappa shape index (κ3) is 5.61. The summed E-state index contributed by atoms with van der Waals surface area (Å²) >= 11 is 0. The number of benzene rings is 1. The van der Waals surface area contributed by atoms with E-state index < -0.39 is 24.0 Å². The molecule has 0 N–H and O–H groups in total. The molecule has 1 aromatic rings. The summed E-state index contributed by atoms with van der Waals surface area (Å²) in [7, 11) is 0. The van der Waals surface area contributed by atoms with Gasteiger partial charge < -0.3 is 17.7 Å². The van der Waals surface area contributed by atoms with Crippen LogP contribution in [0.3, 0.4) is 0 Å². The fourth-order valence-corrected chi connectivity index (χ4v) is 1.56. The molecule has 18 heavy (non-hydrogen) atoms. The minimum atomic E-state index is -5.19. The molecule has 0 heterocycles. The Morgan fingerprint density at radius 3 is 2.39 bits per heavy atom. The number of ether oxygens (including phenoxy) is 1. The van der Waals surface area contributed by atoms with Crippen molar-refractivity contribution in [3.05, 3.63) is 24.0 Å². The molecule has 96 valence electrons. The van der Waals surface area contributed by atoms with Gasteiger partial charge >= 0.3 is 58.4 Å². The van der Waals surface area contributed by atoms with Gasteiger partial charge in [0.25, 0.3) is 0 Å². The van der Waals surface area contributed by atoms with Crippen LogP contribution in [0.1, 0.15) is 26.7 Å². The molecule has 0 radical (unpaired) electrons. The van der Waals surface area contributed by atoms with Crippen molar-refractivity contribution in [3.63, 3.8) is 0 Å². The minimum Gasteiger partial charge on any atom is -0.494 e. The van der Waals surface area contributed by atoms with E-state index in [1.54, 1.807) is 6.92 Å². The Labute approximate surface area is 147 Å². The smallest absolute Gasteiger partial charge is 0.494 e. The zero-order valence-electron chi connectivity index (χ0n) is 10.7. The first kappa shape index (κ1) is 18.4. The molecule has 0 bridgehead atoms.